The number of anilines is 1. The zero-order valence-corrected chi connectivity index (χ0v) is 15.2. The lowest BCUT2D eigenvalue weighted by molar-refractivity contribution is -0.147. The number of nitrogens with zero attached hydrogens (tertiary/aromatic N) is 2. The highest BCUT2D eigenvalue weighted by Gasteiger charge is 2.12. The van der Waals surface area contributed by atoms with Crippen LogP contribution in [-0.2, 0) is 20.9 Å². The first kappa shape index (κ1) is 18.6. The second kappa shape index (κ2) is 8.01. The number of carbonyl (C=O) groups is 2. The number of aryl methyl sites for hydroxylation is 1. The minimum atomic E-state index is -0.723. The van der Waals surface area contributed by atoms with Crippen LogP contribution in [0, 0.1) is 6.92 Å². The third kappa shape index (κ3) is 4.51. The van der Waals surface area contributed by atoms with Gasteiger partial charge in [-0.3, -0.25) is 19.0 Å². The van der Waals surface area contributed by atoms with Crippen molar-refractivity contribution in [3.05, 3.63) is 69.7 Å². The van der Waals surface area contributed by atoms with Crippen LogP contribution in [0.15, 0.2) is 53.6 Å². The number of hydrogen-bond donors (Lipinski definition) is 1. The standard InChI is InChI=1S/C19H16ClN3O4/c1-12-6-7-16(14(20)8-12)22-17(24)10-27-18(25)9-23-11-21-15-5-3-2-4-13(15)19(23)26/h2-8,11H,9-10H2,1H3,(H,22,24). The van der Waals surface area contributed by atoms with Crippen LogP contribution in [0.5, 0.6) is 0 Å². The second-order valence-corrected chi connectivity index (χ2v) is 6.29. The van der Waals surface area contributed by atoms with Crippen LogP contribution in [0.1, 0.15) is 5.56 Å². The van der Waals surface area contributed by atoms with Gasteiger partial charge in [0.1, 0.15) is 6.54 Å². The molecule has 1 heterocycles. The van der Waals surface area contributed by atoms with Crippen LogP contribution in [0.3, 0.4) is 0 Å². The minimum absolute atomic E-state index is 0.338. The van der Waals surface area contributed by atoms with Crippen molar-refractivity contribution < 1.29 is 14.3 Å². The van der Waals surface area contributed by atoms with Gasteiger partial charge in [0.15, 0.2) is 6.61 Å². The van der Waals surface area contributed by atoms with E-state index in [9.17, 15) is 14.4 Å². The predicted octanol–water partition coefficient (Wildman–Crippen LogP) is 2.54. The summed E-state index contributed by atoms with van der Waals surface area (Å²) in [6.45, 7) is 1.05. The molecule has 3 aromatic rings. The topological polar surface area (TPSA) is 90.3 Å². The van der Waals surface area contributed by atoms with Crippen LogP contribution in [0.2, 0.25) is 5.02 Å². The third-order valence-corrected chi connectivity index (χ3v) is 4.11. The van der Waals surface area contributed by atoms with Crippen LogP contribution in [0.4, 0.5) is 5.69 Å². The first-order valence-corrected chi connectivity index (χ1v) is 8.47. The molecule has 2 aromatic carbocycles. The molecule has 138 valence electrons. The number of nitrogens with one attached hydrogen (secondary N) is 1. The summed E-state index contributed by atoms with van der Waals surface area (Å²) in [5.74, 6) is -1.25. The van der Waals surface area contributed by atoms with E-state index in [1.54, 1.807) is 42.5 Å². The first-order valence-electron chi connectivity index (χ1n) is 8.10. The zero-order valence-electron chi connectivity index (χ0n) is 14.4. The number of carbonyl (C=O) groups excluding carboxylic acids is 2. The Morgan fingerprint density at radius 1 is 1.22 bits per heavy atom. The quantitative estimate of drug-likeness (QED) is 0.681. The number of esters is 1. The average molecular weight is 386 g/mol. The molecule has 0 aliphatic rings. The van der Waals surface area contributed by atoms with E-state index in [0.29, 0.717) is 21.6 Å². The molecule has 3 rings (SSSR count). The molecule has 0 saturated heterocycles. The molecule has 0 fully saturated rings. The fourth-order valence-electron chi connectivity index (χ4n) is 2.46. The minimum Gasteiger partial charge on any atom is -0.454 e. The zero-order chi connectivity index (χ0) is 19.4. The van der Waals surface area contributed by atoms with Gasteiger partial charge in [-0.1, -0.05) is 29.8 Å². The monoisotopic (exact) mass is 385 g/mol. The number of fused-ring (bicyclic) bond motifs is 1. The maximum atomic E-state index is 12.3. The summed E-state index contributed by atoms with van der Waals surface area (Å²) in [7, 11) is 0. The highest BCUT2D eigenvalue weighted by atomic mass is 35.5. The highest BCUT2D eigenvalue weighted by molar-refractivity contribution is 6.33. The number of ether oxygens (including phenoxy) is 1. The molecular formula is C19H16ClN3O4. The fourth-order valence-corrected chi connectivity index (χ4v) is 2.74. The Kier molecular flexibility index (Phi) is 5.52. The third-order valence-electron chi connectivity index (χ3n) is 3.79. The number of amides is 1. The lowest BCUT2D eigenvalue weighted by atomic mass is 10.2. The number of benzene rings is 2. The molecule has 0 bridgehead atoms. The van der Waals surface area contributed by atoms with Crippen LogP contribution >= 0.6 is 11.6 Å². The number of aromatic nitrogens is 2. The Bertz CT molecular complexity index is 1080. The van der Waals surface area contributed by atoms with Gasteiger partial charge in [0.25, 0.3) is 11.5 Å². The van der Waals surface area contributed by atoms with E-state index in [4.69, 9.17) is 16.3 Å². The van der Waals surface area contributed by atoms with E-state index < -0.39 is 18.5 Å². The smallest absolute Gasteiger partial charge is 0.326 e. The molecule has 0 unspecified atom stereocenters. The van der Waals surface area contributed by atoms with E-state index >= 15 is 0 Å². The molecule has 1 N–H and O–H groups in total. The Labute approximate surface area is 159 Å². The molecule has 7 nitrogen and oxygen atoms in total. The molecule has 0 spiro atoms. The van der Waals surface area contributed by atoms with Crippen molar-refractivity contribution in [2.45, 2.75) is 13.5 Å². The van der Waals surface area contributed by atoms with Crippen LogP contribution in [-0.4, -0.2) is 28.0 Å². The van der Waals surface area contributed by atoms with E-state index in [1.807, 2.05) is 6.92 Å². The van der Waals surface area contributed by atoms with Crippen LogP contribution < -0.4 is 10.9 Å². The maximum Gasteiger partial charge on any atom is 0.326 e. The molecule has 0 saturated carbocycles. The normalized spacial score (nSPS) is 10.6. The molecule has 1 amide bonds. The van der Waals surface area contributed by atoms with E-state index in [2.05, 4.69) is 10.3 Å². The Morgan fingerprint density at radius 3 is 2.78 bits per heavy atom. The van der Waals surface area contributed by atoms with Gasteiger partial charge in [-0.25, -0.2) is 4.98 Å². The molecule has 0 atom stereocenters. The Balaban J connectivity index is 1.59. The summed E-state index contributed by atoms with van der Waals surface area (Å²) >= 11 is 6.04. The van der Waals surface area contributed by atoms with E-state index in [-0.39, 0.29) is 12.1 Å². The number of rotatable bonds is 5. The first-order chi connectivity index (χ1) is 12.9. The van der Waals surface area contributed by atoms with Gasteiger partial charge in [-0.05, 0) is 36.8 Å². The van der Waals surface area contributed by atoms with Gasteiger partial charge in [0.2, 0.25) is 0 Å². The van der Waals surface area contributed by atoms with E-state index in [1.165, 1.54) is 6.33 Å². The summed E-state index contributed by atoms with van der Waals surface area (Å²) in [4.78, 5) is 40.3. The van der Waals surface area contributed by atoms with Crippen molar-refractivity contribution in [3.63, 3.8) is 0 Å². The van der Waals surface area contributed by atoms with Gasteiger partial charge in [-0.2, -0.15) is 0 Å². The maximum absolute atomic E-state index is 12.3. The predicted molar refractivity (Wildman–Crippen MR) is 102 cm³/mol. The highest BCUT2D eigenvalue weighted by Crippen LogP contribution is 2.22. The van der Waals surface area contributed by atoms with Gasteiger partial charge >= 0.3 is 5.97 Å². The second-order valence-electron chi connectivity index (χ2n) is 5.89. The number of halogens is 1. The van der Waals surface area contributed by atoms with Crippen molar-refractivity contribution in [1.82, 2.24) is 9.55 Å². The van der Waals surface area contributed by atoms with Gasteiger partial charge in [0, 0.05) is 0 Å². The van der Waals surface area contributed by atoms with E-state index in [0.717, 1.165) is 10.1 Å². The summed E-state index contributed by atoms with van der Waals surface area (Å²) in [6.07, 6.45) is 1.28. The molecule has 8 heteroatoms. The Hall–Kier alpha value is -3.19. The average Bonchev–Trinajstić information content (AvgIpc) is 2.65. The molecular weight excluding hydrogens is 370 g/mol. The molecule has 1 aromatic heterocycles. The summed E-state index contributed by atoms with van der Waals surface area (Å²) in [5, 5.41) is 3.36. The van der Waals surface area contributed by atoms with Gasteiger partial charge in [0.05, 0.1) is 27.9 Å². The van der Waals surface area contributed by atoms with Gasteiger partial charge < -0.3 is 10.1 Å². The number of hydrogen-bond acceptors (Lipinski definition) is 5. The summed E-state index contributed by atoms with van der Waals surface area (Å²) in [6, 6.07) is 12.0. The van der Waals surface area contributed by atoms with Crippen molar-refractivity contribution in [2.75, 3.05) is 11.9 Å². The summed E-state index contributed by atoms with van der Waals surface area (Å²) in [5.41, 5.74) is 1.58. The molecule has 0 aliphatic heterocycles. The van der Waals surface area contributed by atoms with Gasteiger partial charge in [-0.15, -0.1) is 0 Å². The lowest BCUT2D eigenvalue weighted by Gasteiger charge is -2.09. The molecule has 0 aliphatic carbocycles. The largest absolute Gasteiger partial charge is 0.454 e. The molecule has 0 radical (unpaired) electrons. The SMILES string of the molecule is Cc1ccc(NC(=O)COC(=O)Cn2cnc3ccccc3c2=O)c(Cl)c1. The van der Waals surface area contributed by atoms with Crippen molar-refractivity contribution in [2.24, 2.45) is 0 Å². The number of para-hydroxylation sites is 1. The fraction of sp³-hybridized carbons (Fsp3) is 0.158. The summed E-state index contributed by atoms with van der Waals surface area (Å²) < 4.78 is 6.07. The lowest BCUT2D eigenvalue weighted by Crippen LogP contribution is -2.28. The van der Waals surface area contributed by atoms with Crippen molar-refractivity contribution in [3.8, 4) is 0 Å². The Morgan fingerprint density at radius 2 is 2.00 bits per heavy atom. The van der Waals surface area contributed by atoms with Crippen LogP contribution in [0.25, 0.3) is 10.9 Å². The van der Waals surface area contributed by atoms with Crippen molar-refractivity contribution in [1.29, 1.82) is 0 Å². The van der Waals surface area contributed by atoms with Crippen molar-refractivity contribution >= 4 is 40.1 Å². The molecule has 27 heavy (non-hydrogen) atoms.